The number of carbonyl (C=O) groups excluding carboxylic acids is 1. The van der Waals surface area contributed by atoms with E-state index in [-0.39, 0.29) is 17.5 Å². The number of nitrogen functional groups attached to an aromatic ring is 1. The van der Waals surface area contributed by atoms with E-state index in [1.165, 1.54) is 23.9 Å². The van der Waals surface area contributed by atoms with Crippen molar-refractivity contribution in [1.29, 1.82) is 0 Å². The smallest absolute Gasteiger partial charge is 0.416 e. The number of nitrogens with two attached hydrogens (primary N) is 1. The highest BCUT2D eigenvalue weighted by Gasteiger charge is 2.30. The van der Waals surface area contributed by atoms with Crippen LogP contribution >= 0.6 is 0 Å². The van der Waals surface area contributed by atoms with E-state index in [0.29, 0.717) is 22.7 Å². The molecule has 1 heterocycles. The number of nitrogens with zero attached hydrogens (tertiary/aromatic N) is 2. The van der Waals surface area contributed by atoms with Crippen LogP contribution in [0.4, 0.5) is 29.5 Å². The molecule has 10 heteroatoms. The van der Waals surface area contributed by atoms with Crippen LogP contribution < -0.4 is 21.1 Å². The van der Waals surface area contributed by atoms with E-state index in [1.807, 2.05) is 37.3 Å². The van der Waals surface area contributed by atoms with Crippen LogP contribution in [0.1, 0.15) is 24.1 Å². The average molecular weight is 496 g/mol. The third-order valence-corrected chi connectivity index (χ3v) is 5.61. The fourth-order valence-electron chi connectivity index (χ4n) is 3.67. The number of urea groups is 1. The number of alkyl halides is 3. The van der Waals surface area contributed by atoms with Gasteiger partial charge in [-0.1, -0.05) is 30.3 Å². The summed E-state index contributed by atoms with van der Waals surface area (Å²) in [5.74, 6) is 0.681. The number of benzene rings is 3. The van der Waals surface area contributed by atoms with Gasteiger partial charge in [0, 0.05) is 5.56 Å². The molecule has 1 aromatic heterocycles. The summed E-state index contributed by atoms with van der Waals surface area (Å²) < 4.78 is 45.5. The molecule has 1 unspecified atom stereocenters. The summed E-state index contributed by atoms with van der Waals surface area (Å²) in [6.45, 7) is 1.84. The number of nitrogens with one attached hydrogen (secondary N) is 2. The fourth-order valence-corrected chi connectivity index (χ4v) is 3.67. The van der Waals surface area contributed by atoms with Crippen molar-refractivity contribution in [2.24, 2.45) is 0 Å². The number of halogens is 3. The minimum atomic E-state index is -4.47. The van der Waals surface area contributed by atoms with Gasteiger partial charge in [-0.25, -0.2) is 9.48 Å². The highest BCUT2D eigenvalue weighted by Crippen LogP contribution is 2.36. The molecule has 4 N–H and O–H groups in total. The zero-order chi connectivity index (χ0) is 25.9. The Balaban J connectivity index is 1.69. The lowest BCUT2D eigenvalue weighted by Gasteiger charge is -2.15. The first-order valence-electron chi connectivity index (χ1n) is 11.0. The quantitative estimate of drug-likeness (QED) is 0.304. The Morgan fingerprint density at radius 3 is 2.22 bits per heavy atom. The number of carbonyl (C=O) groups is 1. The maximum absolute atomic E-state index is 13.0. The van der Waals surface area contributed by atoms with E-state index < -0.39 is 17.8 Å². The number of methoxy groups -OCH3 is 1. The van der Waals surface area contributed by atoms with Crippen molar-refractivity contribution in [1.82, 2.24) is 15.1 Å². The number of hydrogen-bond donors (Lipinski definition) is 3. The Labute approximate surface area is 205 Å². The molecule has 4 aromatic rings. The second-order valence-electron chi connectivity index (χ2n) is 8.02. The lowest BCUT2D eigenvalue weighted by Crippen LogP contribution is -2.31. The predicted octanol–water partition coefficient (Wildman–Crippen LogP) is 6.03. The van der Waals surface area contributed by atoms with E-state index in [2.05, 4.69) is 15.7 Å². The maximum atomic E-state index is 13.0. The summed E-state index contributed by atoms with van der Waals surface area (Å²) in [6.07, 6.45) is -4.47. The number of anilines is 2. The standard InChI is InChI=1S/C26H24F3N5O2/c1-16(17-6-4-3-5-7-17)31-25(35)32-23-22(18-8-14-21(36-2)15-9-18)33-34(24(23)30)20-12-10-19(11-13-20)26(27,28)29/h3-16H,30H2,1-2H3,(H2,31,32,35). The van der Waals surface area contributed by atoms with Gasteiger partial charge in [-0.3, -0.25) is 0 Å². The van der Waals surface area contributed by atoms with Crippen LogP contribution in [0.5, 0.6) is 5.75 Å². The molecule has 0 saturated carbocycles. The van der Waals surface area contributed by atoms with Crippen LogP contribution in [0.25, 0.3) is 16.9 Å². The molecule has 0 spiro atoms. The van der Waals surface area contributed by atoms with Crippen molar-refractivity contribution in [2.75, 3.05) is 18.2 Å². The Morgan fingerprint density at radius 2 is 1.64 bits per heavy atom. The molecule has 3 aromatic carbocycles. The van der Waals surface area contributed by atoms with Gasteiger partial charge in [-0.15, -0.1) is 0 Å². The van der Waals surface area contributed by atoms with E-state index in [0.717, 1.165) is 17.7 Å². The van der Waals surface area contributed by atoms with Crippen LogP contribution in [-0.4, -0.2) is 22.9 Å². The Hall–Kier alpha value is -4.47. The van der Waals surface area contributed by atoms with Crippen molar-refractivity contribution in [2.45, 2.75) is 19.1 Å². The molecule has 0 aliphatic heterocycles. The average Bonchev–Trinajstić information content (AvgIpc) is 3.19. The molecule has 186 valence electrons. The topological polar surface area (TPSA) is 94.2 Å². The van der Waals surface area contributed by atoms with Gasteiger partial charge < -0.3 is 21.1 Å². The van der Waals surface area contributed by atoms with Crippen LogP contribution in [0.2, 0.25) is 0 Å². The molecular weight excluding hydrogens is 471 g/mol. The minimum Gasteiger partial charge on any atom is -0.497 e. The van der Waals surface area contributed by atoms with Crippen LogP contribution in [0.3, 0.4) is 0 Å². The van der Waals surface area contributed by atoms with Gasteiger partial charge in [0.05, 0.1) is 24.4 Å². The summed E-state index contributed by atoms with van der Waals surface area (Å²) >= 11 is 0. The van der Waals surface area contributed by atoms with Crippen molar-refractivity contribution in [3.8, 4) is 22.7 Å². The zero-order valence-corrected chi connectivity index (χ0v) is 19.5. The van der Waals surface area contributed by atoms with E-state index in [4.69, 9.17) is 10.5 Å². The third-order valence-electron chi connectivity index (χ3n) is 5.61. The monoisotopic (exact) mass is 495 g/mol. The molecule has 0 aliphatic carbocycles. The first kappa shape index (κ1) is 24.6. The fraction of sp³-hybridized carbons (Fsp3) is 0.154. The molecule has 4 rings (SSSR count). The Kier molecular flexibility index (Phi) is 6.86. The SMILES string of the molecule is COc1ccc(-c2nn(-c3ccc(C(F)(F)F)cc3)c(N)c2NC(=O)NC(C)c2ccccc2)cc1. The second kappa shape index (κ2) is 10.0. The van der Waals surface area contributed by atoms with Gasteiger partial charge >= 0.3 is 12.2 Å². The third kappa shape index (κ3) is 5.27. The molecule has 0 saturated heterocycles. The van der Waals surface area contributed by atoms with E-state index >= 15 is 0 Å². The maximum Gasteiger partial charge on any atom is 0.416 e. The molecule has 0 bridgehead atoms. The van der Waals surface area contributed by atoms with Crippen molar-refractivity contribution in [3.05, 3.63) is 90.0 Å². The predicted molar refractivity (Wildman–Crippen MR) is 132 cm³/mol. The number of rotatable bonds is 6. The van der Waals surface area contributed by atoms with Gasteiger partial charge in [0.1, 0.15) is 17.1 Å². The summed E-state index contributed by atoms with van der Waals surface area (Å²) in [7, 11) is 1.54. The molecule has 36 heavy (non-hydrogen) atoms. The van der Waals surface area contributed by atoms with Crippen molar-refractivity contribution >= 4 is 17.5 Å². The van der Waals surface area contributed by atoms with Crippen LogP contribution in [-0.2, 0) is 6.18 Å². The second-order valence-corrected chi connectivity index (χ2v) is 8.02. The Morgan fingerprint density at radius 1 is 1.00 bits per heavy atom. The molecule has 0 fully saturated rings. The van der Waals surface area contributed by atoms with E-state index in [9.17, 15) is 18.0 Å². The van der Waals surface area contributed by atoms with Crippen LogP contribution in [0, 0.1) is 0 Å². The zero-order valence-electron chi connectivity index (χ0n) is 19.5. The van der Waals surface area contributed by atoms with Gasteiger partial charge in [0.15, 0.2) is 5.82 Å². The number of amides is 2. The van der Waals surface area contributed by atoms with Gasteiger partial charge in [0.25, 0.3) is 0 Å². The van der Waals surface area contributed by atoms with Crippen LogP contribution in [0.15, 0.2) is 78.9 Å². The summed E-state index contributed by atoms with van der Waals surface area (Å²) in [4.78, 5) is 12.9. The minimum absolute atomic E-state index is 0.0584. The lowest BCUT2D eigenvalue weighted by atomic mass is 10.1. The summed E-state index contributed by atoms with van der Waals surface area (Å²) in [5.41, 5.74) is 7.97. The number of aromatic nitrogens is 2. The summed E-state index contributed by atoms with van der Waals surface area (Å²) in [5, 5.41) is 10.1. The molecule has 2 amide bonds. The molecule has 1 atom stereocenters. The molecule has 0 aliphatic rings. The largest absolute Gasteiger partial charge is 0.497 e. The molecule has 0 radical (unpaired) electrons. The van der Waals surface area contributed by atoms with Gasteiger partial charge in [0.2, 0.25) is 0 Å². The first-order chi connectivity index (χ1) is 17.2. The van der Waals surface area contributed by atoms with Gasteiger partial charge in [-0.2, -0.15) is 18.3 Å². The lowest BCUT2D eigenvalue weighted by molar-refractivity contribution is -0.137. The van der Waals surface area contributed by atoms with Gasteiger partial charge in [-0.05, 0) is 61.0 Å². The highest BCUT2D eigenvalue weighted by molar-refractivity contribution is 5.98. The highest BCUT2D eigenvalue weighted by atomic mass is 19.4. The Bertz CT molecular complexity index is 1340. The molecular formula is C26H24F3N5O2. The van der Waals surface area contributed by atoms with E-state index in [1.54, 1.807) is 24.3 Å². The first-order valence-corrected chi connectivity index (χ1v) is 11.0. The summed E-state index contributed by atoms with van der Waals surface area (Å²) in [6, 6.07) is 20.0. The molecule has 7 nitrogen and oxygen atoms in total. The van der Waals surface area contributed by atoms with Crippen molar-refractivity contribution in [3.63, 3.8) is 0 Å². The normalized spacial score (nSPS) is 12.1. The number of ether oxygens (including phenoxy) is 1. The number of hydrogen-bond acceptors (Lipinski definition) is 4. The van der Waals surface area contributed by atoms with Crippen molar-refractivity contribution < 1.29 is 22.7 Å².